The zero-order valence-corrected chi connectivity index (χ0v) is 58.5. The lowest BCUT2D eigenvalue weighted by molar-refractivity contribution is -0.870. The van der Waals surface area contributed by atoms with E-state index in [0.717, 1.165) is 64.2 Å². The third-order valence-corrected chi connectivity index (χ3v) is 18.0. The van der Waals surface area contributed by atoms with Gasteiger partial charge in [0.1, 0.15) is 19.3 Å². The van der Waals surface area contributed by atoms with E-state index in [1.807, 2.05) is 33.3 Å². The van der Waals surface area contributed by atoms with Crippen LogP contribution in [0.2, 0.25) is 0 Å². The van der Waals surface area contributed by atoms with Gasteiger partial charge in [0.25, 0.3) is 7.82 Å². The van der Waals surface area contributed by atoms with E-state index in [1.165, 1.54) is 283 Å². The van der Waals surface area contributed by atoms with E-state index in [-0.39, 0.29) is 31.5 Å². The van der Waals surface area contributed by atoms with E-state index in [1.54, 1.807) is 0 Å². The summed E-state index contributed by atoms with van der Waals surface area (Å²) < 4.78 is 30.5. The smallest absolute Gasteiger partial charge is 0.306 e. The molecule has 0 aromatic heterocycles. The summed E-state index contributed by atoms with van der Waals surface area (Å²) in [5.41, 5.74) is 0. The van der Waals surface area contributed by atoms with Gasteiger partial charge in [-0.15, -0.1) is 0 Å². The second-order valence-corrected chi connectivity index (χ2v) is 28.2. The third-order valence-electron chi connectivity index (χ3n) is 17.1. The number of quaternary nitrogens is 1. The molecule has 9 nitrogen and oxygen atoms in total. The summed E-state index contributed by atoms with van der Waals surface area (Å²) >= 11 is 0. The van der Waals surface area contributed by atoms with Gasteiger partial charge in [-0.1, -0.05) is 340 Å². The molecule has 0 aliphatic carbocycles. The number of allylic oxidation sites excluding steroid dienone is 5. The molecular formula is C75H145N2O7P. The van der Waals surface area contributed by atoms with E-state index >= 15 is 0 Å². The molecule has 0 radical (unpaired) electrons. The van der Waals surface area contributed by atoms with E-state index in [0.29, 0.717) is 17.4 Å². The normalized spacial score (nSPS) is 13.6. The van der Waals surface area contributed by atoms with Crippen LogP contribution in [0.15, 0.2) is 36.5 Å². The monoisotopic (exact) mass is 1220 g/mol. The van der Waals surface area contributed by atoms with Gasteiger partial charge in [0.2, 0.25) is 5.91 Å². The predicted molar refractivity (Wildman–Crippen MR) is 367 cm³/mol. The van der Waals surface area contributed by atoms with Crippen molar-refractivity contribution >= 4 is 19.7 Å². The van der Waals surface area contributed by atoms with Crippen LogP contribution < -0.4 is 10.2 Å². The fourth-order valence-electron chi connectivity index (χ4n) is 11.3. The second-order valence-electron chi connectivity index (χ2n) is 26.8. The largest absolute Gasteiger partial charge is 0.756 e. The van der Waals surface area contributed by atoms with Gasteiger partial charge in [-0.3, -0.25) is 14.2 Å². The van der Waals surface area contributed by atoms with Crippen molar-refractivity contribution in [2.45, 2.75) is 392 Å². The molecule has 502 valence electrons. The van der Waals surface area contributed by atoms with E-state index in [4.69, 9.17) is 13.8 Å². The number of phosphoric acid groups is 1. The third kappa shape index (κ3) is 66.5. The van der Waals surface area contributed by atoms with Crippen LogP contribution >= 0.6 is 7.82 Å². The summed E-state index contributed by atoms with van der Waals surface area (Å²) in [6.07, 6.45) is 81.4. The number of hydrogen-bond donors (Lipinski definition) is 1. The maximum atomic E-state index is 13.6. The van der Waals surface area contributed by atoms with Gasteiger partial charge in [-0.2, -0.15) is 0 Å². The van der Waals surface area contributed by atoms with Gasteiger partial charge in [0, 0.05) is 12.8 Å². The lowest BCUT2D eigenvalue weighted by Gasteiger charge is -2.30. The van der Waals surface area contributed by atoms with Crippen LogP contribution in [0.5, 0.6) is 0 Å². The molecule has 0 saturated heterocycles. The summed E-state index contributed by atoms with van der Waals surface area (Å²) in [6, 6.07) is -0.885. The SMILES string of the molecule is CCCCC/C=C\C/C=C\CCCCCCCCCCCCCCCC(=O)NC(COP(=O)([O-])OCC[N+](C)(C)C)C(/C=C/CCCCCCCCCCC)OC(=O)CCCCCCCCCCCCCCCCCCCCCCCCCCC. The van der Waals surface area contributed by atoms with Crippen LogP contribution in [0.3, 0.4) is 0 Å². The fraction of sp³-hybridized carbons (Fsp3) is 0.893. The number of carbonyl (C=O) groups excluding carboxylic acids is 2. The van der Waals surface area contributed by atoms with Crippen molar-refractivity contribution in [3.63, 3.8) is 0 Å². The Morgan fingerprint density at radius 3 is 1.08 bits per heavy atom. The van der Waals surface area contributed by atoms with Crippen LogP contribution in [-0.4, -0.2) is 69.4 Å². The van der Waals surface area contributed by atoms with Crippen LogP contribution in [0.4, 0.5) is 0 Å². The lowest BCUT2D eigenvalue weighted by Crippen LogP contribution is -2.47. The number of unbranched alkanes of at least 4 members (excludes halogenated alkanes) is 49. The number of nitrogens with zero attached hydrogens (tertiary/aromatic N) is 1. The molecular weight excluding hydrogens is 1070 g/mol. The molecule has 0 rings (SSSR count). The number of carbonyl (C=O) groups is 2. The Hall–Kier alpha value is -1.77. The van der Waals surface area contributed by atoms with Crippen molar-refractivity contribution in [1.29, 1.82) is 0 Å². The Balaban J connectivity index is 4.93. The van der Waals surface area contributed by atoms with Crippen molar-refractivity contribution in [3.05, 3.63) is 36.5 Å². The molecule has 85 heavy (non-hydrogen) atoms. The molecule has 10 heteroatoms. The molecule has 0 saturated carbocycles. The van der Waals surface area contributed by atoms with Crippen molar-refractivity contribution < 1.29 is 37.3 Å². The van der Waals surface area contributed by atoms with Crippen molar-refractivity contribution in [3.8, 4) is 0 Å². The number of esters is 1. The van der Waals surface area contributed by atoms with E-state index in [2.05, 4.69) is 50.4 Å². The Kier molecular flexibility index (Phi) is 63.8. The van der Waals surface area contributed by atoms with Crippen LogP contribution in [-0.2, 0) is 27.9 Å². The van der Waals surface area contributed by atoms with E-state index < -0.39 is 20.0 Å². The predicted octanol–water partition coefficient (Wildman–Crippen LogP) is 23.2. The average Bonchev–Trinajstić information content (AvgIpc) is 3.62. The highest BCUT2D eigenvalue weighted by Crippen LogP contribution is 2.38. The molecule has 1 N–H and O–H groups in total. The highest BCUT2D eigenvalue weighted by molar-refractivity contribution is 7.45. The molecule has 0 spiro atoms. The first kappa shape index (κ1) is 83.2. The van der Waals surface area contributed by atoms with E-state index in [9.17, 15) is 19.0 Å². The molecule has 0 aromatic carbocycles. The van der Waals surface area contributed by atoms with Crippen LogP contribution in [0, 0.1) is 0 Å². The maximum Gasteiger partial charge on any atom is 0.306 e. The summed E-state index contributed by atoms with van der Waals surface area (Å²) in [6.45, 7) is 6.88. The highest BCUT2D eigenvalue weighted by atomic mass is 31.2. The summed E-state index contributed by atoms with van der Waals surface area (Å²) in [7, 11) is 1.20. The molecule has 0 aliphatic heterocycles. The second kappa shape index (κ2) is 65.2. The van der Waals surface area contributed by atoms with Crippen LogP contribution in [0.1, 0.15) is 380 Å². The Bertz CT molecular complexity index is 1550. The van der Waals surface area contributed by atoms with Crippen molar-refractivity contribution in [2.24, 2.45) is 0 Å². The number of likely N-dealkylation sites (N-methyl/N-ethyl adjacent to an activating group) is 1. The Labute approximate surface area is 529 Å². The fourth-order valence-corrected chi connectivity index (χ4v) is 12.0. The van der Waals surface area contributed by atoms with Gasteiger partial charge < -0.3 is 28.5 Å². The number of phosphoric ester groups is 1. The first-order chi connectivity index (χ1) is 41.4. The first-order valence-corrected chi connectivity index (χ1v) is 38.8. The topological polar surface area (TPSA) is 114 Å². The Morgan fingerprint density at radius 1 is 0.412 bits per heavy atom. The zero-order chi connectivity index (χ0) is 62.1. The molecule has 0 aromatic rings. The molecule has 3 unspecified atom stereocenters. The quantitative estimate of drug-likeness (QED) is 0.0212. The summed E-state index contributed by atoms with van der Waals surface area (Å²) in [5, 5.41) is 3.05. The van der Waals surface area contributed by atoms with Gasteiger partial charge in [-0.25, -0.2) is 0 Å². The molecule has 0 bridgehead atoms. The van der Waals surface area contributed by atoms with Gasteiger partial charge in [0.05, 0.1) is 33.8 Å². The van der Waals surface area contributed by atoms with Crippen molar-refractivity contribution in [2.75, 3.05) is 40.9 Å². The first-order valence-electron chi connectivity index (χ1n) is 37.3. The minimum absolute atomic E-state index is 0.0194. The lowest BCUT2D eigenvalue weighted by atomic mass is 10.0. The molecule has 0 heterocycles. The Morgan fingerprint density at radius 2 is 0.718 bits per heavy atom. The number of rotatable bonds is 69. The number of hydrogen-bond acceptors (Lipinski definition) is 7. The summed E-state index contributed by atoms with van der Waals surface area (Å²) in [5.74, 6) is -0.521. The number of amides is 1. The molecule has 1 amide bonds. The minimum Gasteiger partial charge on any atom is -0.756 e. The average molecular weight is 1220 g/mol. The summed E-state index contributed by atoms with van der Waals surface area (Å²) in [4.78, 5) is 40.2. The zero-order valence-electron chi connectivity index (χ0n) is 57.6. The molecule has 3 atom stereocenters. The molecule has 0 fully saturated rings. The number of nitrogens with one attached hydrogen (secondary N) is 1. The van der Waals surface area contributed by atoms with Crippen molar-refractivity contribution in [1.82, 2.24) is 5.32 Å². The molecule has 0 aliphatic rings. The van der Waals surface area contributed by atoms with Gasteiger partial charge in [0.15, 0.2) is 0 Å². The van der Waals surface area contributed by atoms with Gasteiger partial charge in [-0.05, 0) is 63.9 Å². The highest BCUT2D eigenvalue weighted by Gasteiger charge is 2.27. The van der Waals surface area contributed by atoms with Crippen LogP contribution in [0.25, 0.3) is 0 Å². The standard InChI is InChI=1S/C75H145N2O7P/c1-7-10-13-16-19-22-25-27-29-31-33-35-37-38-40-42-44-46-48-50-53-56-59-62-65-68-75(79)84-73(66-63-60-57-54-51-24-21-18-15-12-9-3)72(71-83-85(80,81)82-70-69-77(4,5)6)76-74(78)67-64-61-58-55-52-49-47-45-43-41-39-36-34-32-30-28-26-23-20-17-14-11-8-2/h20,23,28,30,63,66,72-73H,7-19,21-22,24-27,29,31-62,64-65,67-71H2,1-6H3,(H-,76,78,80,81)/b23-20-,30-28-,66-63+. The number of ether oxygens (including phenoxy) is 1. The van der Waals surface area contributed by atoms with Gasteiger partial charge >= 0.3 is 5.97 Å². The maximum absolute atomic E-state index is 13.6. The minimum atomic E-state index is -4.70.